The monoisotopic (exact) mass is 283 g/mol. The highest BCUT2D eigenvalue weighted by molar-refractivity contribution is 7.07. The van der Waals surface area contributed by atoms with Crippen LogP contribution in [0.25, 0.3) is 11.3 Å². The molecule has 0 amide bonds. The molecular formula is C13H13ClFN2S. The number of hydrogen-bond acceptors (Lipinski definition) is 3. The van der Waals surface area contributed by atoms with Crippen LogP contribution in [0.15, 0.2) is 17.5 Å². The van der Waals surface area contributed by atoms with Crippen LogP contribution >= 0.6 is 22.9 Å². The first-order valence-corrected chi connectivity index (χ1v) is 6.99. The summed E-state index contributed by atoms with van der Waals surface area (Å²) < 4.78 is 14.1. The van der Waals surface area contributed by atoms with Crippen molar-refractivity contribution in [3.05, 3.63) is 33.9 Å². The molecule has 0 aliphatic rings. The van der Waals surface area contributed by atoms with Crippen molar-refractivity contribution in [2.45, 2.75) is 13.8 Å². The molecule has 1 radical (unpaired) electrons. The van der Waals surface area contributed by atoms with Gasteiger partial charge in [-0.05, 0) is 26.0 Å². The van der Waals surface area contributed by atoms with Gasteiger partial charge in [-0.25, -0.2) is 9.37 Å². The van der Waals surface area contributed by atoms with Crippen LogP contribution in [0, 0.1) is 11.3 Å². The van der Waals surface area contributed by atoms with Crippen molar-refractivity contribution in [2.75, 3.05) is 18.0 Å². The lowest BCUT2D eigenvalue weighted by Crippen LogP contribution is -2.23. The molecule has 2 rings (SSSR count). The van der Waals surface area contributed by atoms with Crippen molar-refractivity contribution < 1.29 is 4.39 Å². The Morgan fingerprint density at radius 2 is 2.11 bits per heavy atom. The topological polar surface area (TPSA) is 16.1 Å². The zero-order valence-corrected chi connectivity index (χ0v) is 11.8. The maximum atomic E-state index is 14.1. The van der Waals surface area contributed by atoms with Crippen LogP contribution in [0.2, 0.25) is 5.02 Å². The van der Waals surface area contributed by atoms with Gasteiger partial charge in [0.05, 0.1) is 16.4 Å². The van der Waals surface area contributed by atoms with Crippen molar-refractivity contribution >= 4 is 28.6 Å². The summed E-state index contributed by atoms with van der Waals surface area (Å²) in [6.07, 6.45) is 0. The van der Waals surface area contributed by atoms with Gasteiger partial charge in [0.1, 0.15) is 5.82 Å². The molecule has 1 aromatic heterocycles. The molecule has 18 heavy (non-hydrogen) atoms. The fraction of sp³-hybridized carbons (Fsp3) is 0.308. The molecule has 0 spiro atoms. The maximum Gasteiger partial charge on any atom is 0.152 e. The molecule has 0 aliphatic carbocycles. The molecule has 0 saturated heterocycles. The molecule has 1 aromatic carbocycles. The van der Waals surface area contributed by atoms with E-state index < -0.39 is 0 Å². The molecule has 0 aliphatic heterocycles. The molecule has 1 heterocycles. The molecule has 0 fully saturated rings. The highest BCUT2D eigenvalue weighted by Gasteiger charge is 2.14. The molecule has 5 heteroatoms. The number of anilines is 1. The lowest BCUT2D eigenvalue weighted by Gasteiger charge is -2.22. The third-order valence-electron chi connectivity index (χ3n) is 2.81. The van der Waals surface area contributed by atoms with Gasteiger partial charge in [-0.3, -0.25) is 0 Å². The second-order valence-corrected chi connectivity index (χ2v) is 4.84. The summed E-state index contributed by atoms with van der Waals surface area (Å²) in [6.45, 7) is 5.46. The second kappa shape index (κ2) is 5.67. The summed E-state index contributed by atoms with van der Waals surface area (Å²) in [7, 11) is 0. The fourth-order valence-electron chi connectivity index (χ4n) is 1.85. The summed E-state index contributed by atoms with van der Waals surface area (Å²) in [5, 5.41) is 2.31. The van der Waals surface area contributed by atoms with Crippen molar-refractivity contribution in [3.8, 4) is 11.3 Å². The summed E-state index contributed by atoms with van der Waals surface area (Å²) >= 11 is 7.55. The molecular weight excluding hydrogens is 271 g/mol. The van der Waals surface area contributed by atoms with Crippen LogP contribution in [-0.2, 0) is 0 Å². The highest BCUT2D eigenvalue weighted by atomic mass is 35.5. The highest BCUT2D eigenvalue weighted by Crippen LogP contribution is 2.33. The normalized spacial score (nSPS) is 10.7. The number of halogens is 2. The van der Waals surface area contributed by atoms with Crippen LogP contribution in [0.4, 0.5) is 10.1 Å². The van der Waals surface area contributed by atoms with E-state index in [2.05, 4.69) is 10.5 Å². The summed E-state index contributed by atoms with van der Waals surface area (Å²) in [5.41, 5.74) is 4.55. The second-order valence-electron chi connectivity index (χ2n) is 3.78. The number of aromatic nitrogens is 1. The van der Waals surface area contributed by atoms with Gasteiger partial charge in [0.25, 0.3) is 0 Å². The predicted octanol–water partition coefficient (Wildman–Crippen LogP) is 4.25. The molecule has 2 nitrogen and oxygen atoms in total. The van der Waals surface area contributed by atoms with Crippen LogP contribution in [0.1, 0.15) is 13.8 Å². The van der Waals surface area contributed by atoms with E-state index in [1.807, 2.05) is 18.7 Å². The first-order chi connectivity index (χ1) is 8.67. The van der Waals surface area contributed by atoms with Gasteiger partial charge in [0.2, 0.25) is 0 Å². The van der Waals surface area contributed by atoms with E-state index in [1.165, 1.54) is 17.4 Å². The first-order valence-electron chi connectivity index (χ1n) is 5.73. The number of nitrogens with zero attached hydrogens (tertiary/aromatic N) is 2. The molecule has 0 unspecified atom stereocenters. The smallest absolute Gasteiger partial charge is 0.152 e. The van der Waals surface area contributed by atoms with E-state index in [4.69, 9.17) is 11.6 Å². The zero-order valence-electron chi connectivity index (χ0n) is 10.2. The SMILES string of the molecule is CCN(CC)c1cc(Cl)c(-c2cs[c]n2)cc1F. The van der Waals surface area contributed by atoms with Gasteiger partial charge in [0.15, 0.2) is 5.51 Å². The Balaban J connectivity index is 2.47. The molecule has 2 aromatic rings. The number of rotatable bonds is 4. The third kappa shape index (κ3) is 2.49. The average molecular weight is 284 g/mol. The van der Waals surface area contributed by atoms with Gasteiger partial charge in [-0.15, -0.1) is 11.3 Å². The van der Waals surface area contributed by atoms with Crippen molar-refractivity contribution in [1.29, 1.82) is 0 Å². The molecule has 0 saturated carbocycles. The number of benzene rings is 1. The third-order valence-corrected chi connectivity index (χ3v) is 3.66. The van der Waals surface area contributed by atoms with E-state index in [1.54, 1.807) is 11.4 Å². The molecule has 0 N–H and O–H groups in total. The molecule has 95 valence electrons. The lowest BCUT2D eigenvalue weighted by molar-refractivity contribution is 0.620. The Hall–Kier alpha value is -1.13. The Kier molecular flexibility index (Phi) is 4.19. The van der Waals surface area contributed by atoms with Gasteiger partial charge in [-0.1, -0.05) is 11.6 Å². The van der Waals surface area contributed by atoms with Crippen LogP contribution in [0.3, 0.4) is 0 Å². The van der Waals surface area contributed by atoms with Crippen LogP contribution in [-0.4, -0.2) is 18.1 Å². The minimum absolute atomic E-state index is 0.272. The van der Waals surface area contributed by atoms with Crippen LogP contribution in [0.5, 0.6) is 0 Å². The minimum Gasteiger partial charge on any atom is -0.370 e. The largest absolute Gasteiger partial charge is 0.370 e. The number of thiazole rings is 1. The van der Waals surface area contributed by atoms with E-state index in [0.29, 0.717) is 22.0 Å². The quantitative estimate of drug-likeness (QED) is 0.834. The van der Waals surface area contributed by atoms with Gasteiger partial charge in [0, 0.05) is 24.0 Å². The fourth-order valence-corrected chi connectivity index (χ4v) is 2.60. The predicted molar refractivity (Wildman–Crippen MR) is 74.9 cm³/mol. The van der Waals surface area contributed by atoms with Crippen molar-refractivity contribution in [1.82, 2.24) is 4.98 Å². The summed E-state index contributed by atoms with van der Waals surface area (Å²) in [4.78, 5) is 5.96. The Morgan fingerprint density at radius 3 is 2.67 bits per heavy atom. The zero-order chi connectivity index (χ0) is 13.1. The Bertz CT molecular complexity index is 524. The Morgan fingerprint density at radius 1 is 1.39 bits per heavy atom. The number of hydrogen-bond donors (Lipinski definition) is 0. The average Bonchev–Trinajstić information content (AvgIpc) is 2.88. The van der Waals surface area contributed by atoms with Gasteiger partial charge in [-0.2, -0.15) is 0 Å². The van der Waals surface area contributed by atoms with Gasteiger partial charge < -0.3 is 4.90 Å². The lowest BCUT2D eigenvalue weighted by atomic mass is 10.1. The van der Waals surface area contributed by atoms with Crippen LogP contribution < -0.4 is 4.90 Å². The Labute approximate surface area is 115 Å². The standard InChI is InChI=1S/C13H13ClFN2S/c1-3-17(4-2)13-6-10(14)9(5-11(13)15)12-7-18-8-16-12/h5-7H,3-4H2,1-2H3. The van der Waals surface area contributed by atoms with E-state index in [0.717, 1.165) is 13.1 Å². The van der Waals surface area contributed by atoms with Gasteiger partial charge >= 0.3 is 0 Å². The summed E-state index contributed by atoms with van der Waals surface area (Å²) in [6, 6.07) is 3.11. The van der Waals surface area contributed by atoms with Crippen molar-refractivity contribution in [3.63, 3.8) is 0 Å². The minimum atomic E-state index is -0.272. The maximum absolute atomic E-state index is 14.1. The first kappa shape index (κ1) is 13.3. The van der Waals surface area contributed by atoms with E-state index in [-0.39, 0.29) is 5.82 Å². The van der Waals surface area contributed by atoms with E-state index >= 15 is 0 Å². The van der Waals surface area contributed by atoms with E-state index in [9.17, 15) is 4.39 Å². The summed E-state index contributed by atoms with van der Waals surface area (Å²) in [5.74, 6) is -0.272. The molecule has 0 atom stereocenters. The molecule has 0 bridgehead atoms. The van der Waals surface area contributed by atoms with Crippen molar-refractivity contribution in [2.24, 2.45) is 0 Å².